The van der Waals surface area contributed by atoms with Crippen LogP contribution in [0.25, 0.3) is 0 Å². The highest BCUT2D eigenvalue weighted by Crippen LogP contribution is 2.13. The van der Waals surface area contributed by atoms with E-state index in [1.54, 1.807) is 0 Å². The summed E-state index contributed by atoms with van der Waals surface area (Å²) in [6.45, 7) is 10.3. The van der Waals surface area contributed by atoms with Gasteiger partial charge in [-0.15, -0.1) is 0 Å². The minimum atomic E-state index is 0.613. The molecule has 0 saturated carbocycles. The van der Waals surface area contributed by atoms with Gasteiger partial charge in [0, 0.05) is 31.5 Å². The lowest BCUT2D eigenvalue weighted by Gasteiger charge is -2.32. The molecule has 0 aliphatic carbocycles. The SMILES string of the molecule is CC(C)N(CCn1cccn1)CC1CCCNC1. The van der Waals surface area contributed by atoms with E-state index >= 15 is 0 Å². The molecule has 2 rings (SSSR count). The molecule has 4 heteroatoms. The van der Waals surface area contributed by atoms with Gasteiger partial charge < -0.3 is 5.32 Å². The van der Waals surface area contributed by atoms with E-state index in [1.807, 2.05) is 23.1 Å². The summed E-state index contributed by atoms with van der Waals surface area (Å²) in [5.74, 6) is 0.818. The fourth-order valence-electron chi connectivity index (χ4n) is 2.64. The summed E-state index contributed by atoms with van der Waals surface area (Å²) in [6, 6.07) is 2.60. The predicted octanol–water partition coefficient (Wildman–Crippen LogP) is 1.59. The Balaban J connectivity index is 1.79. The van der Waals surface area contributed by atoms with Gasteiger partial charge in [0.15, 0.2) is 0 Å². The summed E-state index contributed by atoms with van der Waals surface area (Å²) >= 11 is 0. The third-order valence-corrected chi connectivity index (χ3v) is 3.80. The fraction of sp³-hybridized carbons (Fsp3) is 0.786. The first kappa shape index (κ1) is 13.6. The second kappa shape index (κ2) is 6.90. The molecular formula is C14H26N4. The highest BCUT2D eigenvalue weighted by atomic mass is 15.3. The van der Waals surface area contributed by atoms with Crippen LogP contribution in [0.3, 0.4) is 0 Å². The molecule has 1 fully saturated rings. The molecule has 18 heavy (non-hydrogen) atoms. The Morgan fingerprint density at radius 1 is 1.50 bits per heavy atom. The van der Waals surface area contributed by atoms with E-state index in [4.69, 9.17) is 0 Å². The summed E-state index contributed by atoms with van der Waals surface area (Å²) in [6.07, 6.45) is 6.60. The fourth-order valence-corrected chi connectivity index (χ4v) is 2.64. The lowest BCUT2D eigenvalue weighted by atomic mass is 9.98. The van der Waals surface area contributed by atoms with Gasteiger partial charge in [-0.2, -0.15) is 5.10 Å². The Kier molecular flexibility index (Phi) is 5.20. The summed E-state index contributed by atoms with van der Waals surface area (Å²) in [5.41, 5.74) is 0. The second-order valence-electron chi connectivity index (χ2n) is 5.57. The minimum Gasteiger partial charge on any atom is -0.316 e. The van der Waals surface area contributed by atoms with Gasteiger partial charge in [0.1, 0.15) is 0 Å². The van der Waals surface area contributed by atoms with E-state index < -0.39 is 0 Å². The Morgan fingerprint density at radius 3 is 3.00 bits per heavy atom. The van der Waals surface area contributed by atoms with Crippen LogP contribution in [-0.4, -0.2) is 46.9 Å². The predicted molar refractivity (Wildman–Crippen MR) is 74.5 cm³/mol. The number of hydrogen-bond donors (Lipinski definition) is 1. The molecule has 1 aliphatic rings. The van der Waals surface area contributed by atoms with Gasteiger partial charge in [-0.1, -0.05) is 0 Å². The van der Waals surface area contributed by atoms with Gasteiger partial charge in [0.05, 0.1) is 6.54 Å². The van der Waals surface area contributed by atoms with E-state index in [0.29, 0.717) is 6.04 Å². The van der Waals surface area contributed by atoms with Crippen LogP contribution in [0.5, 0.6) is 0 Å². The molecule has 1 saturated heterocycles. The van der Waals surface area contributed by atoms with Crippen molar-refractivity contribution in [2.45, 2.75) is 39.3 Å². The summed E-state index contributed by atoms with van der Waals surface area (Å²) < 4.78 is 2.02. The molecule has 0 aromatic carbocycles. The van der Waals surface area contributed by atoms with Crippen LogP contribution >= 0.6 is 0 Å². The average molecular weight is 250 g/mol. The smallest absolute Gasteiger partial charge is 0.0536 e. The van der Waals surface area contributed by atoms with Crippen molar-refractivity contribution in [2.24, 2.45) is 5.92 Å². The van der Waals surface area contributed by atoms with Gasteiger partial charge in [0.25, 0.3) is 0 Å². The van der Waals surface area contributed by atoms with Crippen LogP contribution in [-0.2, 0) is 6.54 Å². The van der Waals surface area contributed by atoms with Gasteiger partial charge >= 0.3 is 0 Å². The zero-order valence-corrected chi connectivity index (χ0v) is 11.7. The van der Waals surface area contributed by atoms with Crippen LogP contribution in [0, 0.1) is 5.92 Å². The number of nitrogens with one attached hydrogen (secondary N) is 1. The monoisotopic (exact) mass is 250 g/mol. The first-order valence-corrected chi connectivity index (χ1v) is 7.18. The van der Waals surface area contributed by atoms with Crippen molar-refractivity contribution in [1.82, 2.24) is 20.0 Å². The number of piperidine rings is 1. The quantitative estimate of drug-likeness (QED) is 0.832. The molecule has 2 heterocycles. The maximum absolute atomic E-state index is 4.27. The van der Waals surface area contributed by atoms with E-state index in [0.717, 1.165) is 19.0 Å². The maximum atomic E-state index is 4.27. The number of aromatic nitrogens is 2. The Labute approximate surface area is 110 Å². The molecule has 0 radical (unpaired) electrons. The highest BCUT2D eigenvalue weighted by Gasteiger charge is 2.18. The van der Waals surface area contributed by atoms with Crippen molar-refractivity contribution in [3.8, 4) is 0 Å². The first-order valence-electron chi connectivity index (χ1n) is 7.18. The molecule has 0 bridgehead atoms. The molecule has 1 aromatic rings. The molecule has 102 valence electrons. The molecule has 0 amide bonds. The van der Waals surface area contributed by atoms with Crippen LogP contribution < -0.4 is 5.32 Å². The maximum Gasteiger partial charge on any atom is 0.0536 e. The molecule has 1 aromatic heterocycles. The topological polar surface area (TPSA) is 33.1 Å². The molecule has 0 spiro atoms. The van der Waals surface area contributed by atoms with Gasteiger partial charge in [-0.05, 0) is 51.8 Å². The molecular weight excluding hydrogens is 224 g/mol. The summed E-state index contributed by atoms with van der Waals surface area (Å²) in [5, 5.41) is 7.78. The number of hydrogen-bond acceptors (Lipinski definition) is 3. The normalized spacial score (nSPS) is 20.8. The molecule has 1 unspecified atom stereocenters. The van der Waals surface area contributed by atoms with E-state index in [-0.39, 0.29) is 0 Å². The van der Waals surface area contributed by atoms with Crippen molar-refractivity contribution < 1.29 is 0 Å². The van der Waals surface area contributed by atoms with Crippen molar-refractivity contribution in [3.63, 3.8) is 0 Å². The Hall–Kier alpha value is -0.870. The van der Waals surface area contributed by atoms with Gasteiger partial charge in [0.2, 0.25) is 0 Å². The highest BCUT2D eigenvalue weighted by molar-refractivity contribution is 4.79. The lowest BCUT2D eigenvalue weighted by Crippen LogP contribution is -2.42. The van der Waals surface area contributed by atoms with Crippen molar-refractivity contribution in [2.75, 3.05) is 26.2 Å². The van der Waals surface area contributed by atoms with E-state index in [1.165, 1.54) is 32.5 Å². The third-order valence-electron chi connectivity index (χ3n) is 3.80. The Morgan fingerprint density at radius 2 is 2.39 bits per heavy atom. The molecule has 4 nitrogen and oxygen atoms in total. The van der Waals surface area contributed by atoms with Crippen molar-refractivity contribution in [1.29, 1.82) is 0 Å². The van der Waals surface area contributed by atoms with Crippen LogP contribution in [0.2, 0.25) is 0 Å². The van der Waals surface area contributed by atoms with E-state index in [9.17, 15) is 0 Å². The number of rotatable bonds is 6. The molecule has 1 aliphatic heterocycles. The van der Waals surface area contributed by atoms with Crippen molar-refractivity contribution >= 4 is 0 Å². The summed E-state index contributed by atoms with van der Waals surface area (Å²) in [4.78, 5) is 2.58. The lowest BCUT2D eigenvalue weighted by molar-refractivity contribution is 0.164. The third kappa shape index (κ3) is 4.10. The average Bonchev–Trinajstić information content (AvgIpc) is 2.88. The largest absolute Gasteiger partial charge is 0.316 e. The summed E-state index contributed by atoms with van der Waals surface area (Å²) in [7, 11) is 0. The van der Waals surface area contributed by atoms with Crippen LogP contribution in [0.1, 0.15) is 26.7 Å². The van der Waals surface area contributed by atoms with Crippen molar-refractivity contribution in [3.05, 3.63) is 18.5 Å². The van der Waals surface area contributed by atoms with Gasteiger partial charge in [-0.3, -0.25) is 9.58 Å². The minimum absolute atomic E-state index is 0.613. The van der Waals surface area contributed by atoms with E-state index in [2.05, 4.69) is 29.2 Å². The molecule has 1 N–H and O–H groups in total. The van der Waals surface area contributed by atoms with Crippen LogP contribution in [0.4, 0.5) is 0 Å². The zero-order valence-electron chi connectivity index (χ0n) is 11.7. The van der Waals surface area contributed by atoms with Crippen LogP contribution in [0.15, 0.2) is 18.5 Å². The zero-order chi connectivity index (χ0) is 12.8. The van der Waals surface area contributed by atoms with Gasteiger partial charge in [-0.25, -0.2) is 0 Å². The molecule has 1 atom stereocenters. The second-order valence-corrected chi connectivity index (χ2v) is 5.57. The standard InChI is InChI=1S/C14H26N4/c1-13(2)17(9-10-18-8-4-7-16-18)12-14-5-3-6-15-11-14/h4,7-8,13-15H,3,5-6,9-12H2,1-2H3. The Bertz CT molecular complexity index is 315. The number of nitrogens with zero attached hydrogens (tertiary/aromatic N) is 3. The first-order chi connectivity index (χ1) is 8.75.